The van der Waals surface area contributed by atoms with Crippen molar-refractivity contribution in [3.8, 4) is 0 Å². The molecule has 1 saturated heterocycles. The minimum Gasteiger partial charge on any atom is -0.369 e. The van der Waals surface area contributed by atoms with E-state index in [0.717, 1.165) is 49.7 Å². The average Bonchev–Trinajstić information content (AvgIpc) is 2.78. The second kappa shape index (κ2) is 8.93. The first-order valence-electron chi connectivity index (χ1n) is 9.83. The van der Waals surface area contributed by atoms with Crippen molar-refractivity contribution in [1.29, 1.82) is 0 Å². The molecule has 0 atom stereocenters. The maximum Gasteiger partial charge on any atom is 0.276 e. The summed E-state index contributed by atoms with van der Waals surface area (Å²) in [5.74, 6) is 0.177. The Balaban J connectivity index is 1.56. The Bertz CT molecular complexity index is 1220. The Morgan fingerprint density at radius 1 is 1.03 bits per heavy atom. The molecule has 3 aromatic rings. The number of anilines is 1. The number of fused-ring (bicyclic) bond motifs is 1. The van der Waals surface area contributed by atoms with E-state index in [0.29, 0.717) is 21.6 Å². The van der Waals surface area contributed by atoms with Crippen molar-refractivity contribution in [2.75, 3.05) is 38.1 Å². The molecule has 2 aromatic carbocycles. The normalized spacial score (nSPS) is 14.6. The summed E-state index contributed by atoms with van der Waals surface area (Å²) in [7, 11) is 2.08. The maximum atomic E-state index is 12.7. The van der Waals surface area contributed by atoms with E-state index in [2.05, 4.69) is 26.8 Å². The lowest BCUT2D eigenvalue weighted by atomic mass is 10.2. The lowest BCUT2D eigenvalue weighted by Crippen LogP contribution is -2.44. The molecule has 1 aliphatic heterocycles. The predicted molar refractivity (Wildman–Crippen MR) is 121 cm³/mol. The molecule has 0 radical (unpaired) electrons. The number of rotatable bonds is 6. The van der Waals surface area contributed by atoms with Crippen LogP contribution in [0.5, 0.6) is 0 Å². The zero-order chi connectivity index (χ0) is 22.8. The molecule has 11 nitrogen and oxygen atoms in total. The second-order valence-electron chi connectivity index (χ2n) is 7.52. The van der Waals surface area contributed by atoms with Crippen molar-refractivity contribution in [3.05, 3.63) is 72.5 Å². The van der Waals surface area contributed by atoms with E-state index in [1.807, 2.05) is 12.1 Å². The van der Waals surface area contributed by atoms with Crippen LogP contribution in [0.15, 0.2) is 46.3 Å². The first kappa shape index (κ1) is 21.7. The summed E-state index contributed by atoms with van der Waals surface area (Å²) in [6, 6.07) is 9.06. The van der Waals surface area contributed by atoms with Crippen molar-refractivity contribution in [2.24, 2.45) is 0 Å². The minimum atomic E-state index is -0.671. The summed E-state index contributed by atoms with van der Waals surface area (Å²) in [5, 5.41) is 22.9. The Labute approximate surface area is 186 Å². The molecule has 32 heavy (non-hydrogen) atoms. The predicted octanol–water partition coefficient (Wildman–Crippen LogP) is 2.78. The van der Waals surface area contributed by atoms with Crippen LogP contribution in [0.3, 0.4) is 0 Å². The lowest BCUT2D eigenvalue weighted by molar-refractivity contribution is -0.394. The van der Waals surface area contributed by atoms with Crippen molar-refractivity contribution in [2.45, 2.75) is 10.9 Å². The van der Waals surface area contributed by atoms with Crippen LogP contribution in [-0.4, -0.2) is 57.9 Å². The number of piperazine rings is 1. The molecule has 12 heteroatoms. The van der Waals surface area contributed by atoms with Crippen LogP contribution < -0.4 is 10.5 Å². The van der Waals surface area contributed by atoms with Gasteiger partial charge in [-0.1, -0.05) is 11.8 Å². The highest BCUT2D eigenvalue weighted by atomic mass is 32.2. The van der Waals surface area contributed by atoms with E-state index in [1.54, 1.807) is 6.07 Å². The number of non-ortho nitro benzene ring substituents is 2. The first-order valence-corrected chi connectivity index (χ1v) is 10.8. The Morgan fingerprint density at radius 2 is 1.69 bits per heavy atom. The van der Waals surface area contributed by atoms with Gasteiger partial charge < -0.3 is 14.8 Å². The van der Waals surface area contributed by atoms with Gasteiger partial charge in [0.15, 0.2) is 5.16 Å². The van der Waals surface area contributed by atoms with Crippen molar-refractivity contribution in [1.82, 2.24) is 14.9 Å². The third-order valence-corrected chi connectivity index (χ3v) is 6.24. The summed E-state index contributed by atoms with van der Waals surface area (Å²) in [6.07, 6.45) is 0. The number of nitrogens with one attached hydrogen (secondary N) is 1. The van der Waals surface area contributed by atoms with Gasteiger partial charge in [0.05, 0.1) is 26.8 Å². The number of aromatic nitrogens is 2. The van der Waals surface area contributed by atoms with Gasteiger partial charge in [0, 0.05) is 49.8 Å². The summed E-state index contributed by atoms with van der Waals surface area (Å²) >= 11 is 1.15. The third-order valence-electron chi connectivity index (χ3n) is 5.30. The number of hydrogen-bond donors (Lipinski definition) is 1. The summed E-state index contributed by atoms with van der Waals surface area (Å²) in [4.78, 5) is 45.2. The highest BCUT2D eigenvalue weighted by Crippen LogP contribution is 2.28. The number of hydrogen-bond acceptors (Lipinski definition) is 9. The van der Waals surface area contributed by atoms with Gasteiger partial charge in [0.2, 0.25) is 0 Å². The van der Waals surface area contributed by atoms with Gasteiger partial charge >= 0.3 is 0 Å². The molecule has 1 fully saturated rings. The van der Waals surface area contributed by atoms with Crippen molar-refractivity contribution < 1.29 is 9.85 Å². The fraction of sp³-hybridized carbons (Fsp3) is 0.300. The van der Waals surface area contributed by atoms with E-state index in [1.165, 1.54) is 12.1 Å². The number of aromatic amines is 1. The molecule has 0 aliphatic carbocycles. The third kappa shape index (κ3) is 4.70. The fourth-order valence-electron chi connectivity index (χ4n) is 3.54. The van der Waals surface area contributed by atoms with Crippen LogP contribution in [0.4, 0.5) is 17.1 Å². The highest BCUT2D eigenvalue weighted by molar-refractivity contribution is 7.98. The highest BCUT2D eigenvalue weighted by Gasteiger charge is 2.18. The number of nitro benzene ring substituents is 2. The van der Waals surface area contributed by atoms with Crippen molar-refractivity contribution in [3.63, 3.8) is 0 Å². The monoisotopic (exact) mass is 456 g/mol. The molecule has 1 aliphatic rings. The summed E-state index contributed by atoms with van der Waals surface area (Å²) in [6.45, 7) is 3.68. The van der Waals surface area contributed by atoms with Crippen LogP contribution in [-0.2, 0) is 5.75 Å². The number of likely N-dealkylation sites (N-methyl/N-ethyl adjacent to an activating group) is 1. The van der Waals surface area contributed by atoms with Crippen LogP contribution in [0, 0.1) is 20.2 Å². The first-order chi connectivity index (χ1) is 15.3. The number of benzene rings is 2. The maximum absolute atomic E-state index is 12.7. The quantitative estimate of drug-likeness (QED) is 0.257. The smallest absolute Gasteiger partial charge is 0.276 e. The van der Waals surface area contributed by atoms with Crippen LogP contribution in [0.25, 0.3) is 10.9 Å². The van der Waals surface area contributed by atoms with Crippen LogP contribution in [0.1, 0.15) is 5.56 Å². The van der Waals surface area contributed by atoms with Gasteiger partial charge in [0.1, 0.15) is 0 Å². The van der Waals surface area contributed by atoms with Gasteiger partial charge in [-0.05, 0) is 30.8 Å². The van der Waals surface area contributed by atoms with Crippen molar-refractivity contribution >= 4 is 39.7 Å². The number of thioether (sulfide) groups is 1. The van der Waals surface area contributed by atoms with Gasteiger partial charge in [-0.2, -0.15) is 0 Å². The fourth-order valence-corrected chi connectivity index (χ4v) is 4.33. The van der Waals surface area contributed by atoms with E-state index in [4.69, 9.17) is 0 Å². The topological polar surface area (TPSA) is 139 Å². The zero-order valence-corrected chi connectivity index (χ0v) is 18.0. The average molecular weight is 456 g/mol. The molecule has 0 bridgehead atoms. The Morgan fingerprint density at radius 3 is 2.31 bits per heavy atom. The SMILES string of the molecule is CN1CCN(c2ccc3nc(SCc4cc([N+](=O)[O-])cc([N+](=O)[O-])c4)[nH]c(=O)c3c2)CC1. The molecular formula is C20H20N6O5S. The molecule has 0 spiro atoms. The molecular weight excluding hydrogens is 436 g/mol. The zero-order valence-electron chi connectivity index (χ0n) is 17.2. The van der Waals surface area contributed by atoms with Gasteiger partial charge in [-0.3, -0.25) is 25.0 Å². The standard InChI is InChI=1S/C20H20N6O5S/c1-23-4-6-24(7-5-23)14-2-3-18-17(11-14)19(27)22-20(21-18)32-12-13-8-15(25(28)29)10-16(9-13)26(30)31/h2-3,8-11H,4-7,12H2,1H3,(H,21,22,27). The Hall–Kier alpha value is -3.51. The van der Waals surface area contributed by atoms with Gasteiger partial charge in [-0.25, -0.2) is 4.98 Å². The molecule has 166 valence electrons. The van der Waals surface area contributed by atoms with E-state index in [-0.39, 0.29) is 22.7 Å². The van der Waals surface area contributed by atoms with E-state index in [9.17, 15) is 25.0 Å². The van der Waals surface area contributed by atoms with Crippen LogP contribution >= 0.6 is 11.8 Å². The van der Waals surface area contributed by atoms with Gasteiger partial charge in [-0.15, -0.1) is 0 Å². The molecule has 0 amide bonds. The molecule has 1 N–H and O–H groups in total. The molecule has 0 saturated carbocycles. The molecule has 0 unspecified atom stereocenters. The minimum absolute atomic E-state index is 0.177. The largest absolute Gasteiger partial charge is 0.369 e. The van der Waals surface area contributed by atoms with E-state index < -0.39 is 9.85 Å². The van der Waals surface area contributed by atoms with Gasteiger partial charge in [0.25, 0.3) is 16.9 Å². The Kier molecular flexibility index (Phi) is 6.06. The summed E-state index contributed by atoms with van der Waals surface area (Å²) in [5.41, 5.74) is 0.918. The van der Waals surface area contributed by atoms with E-state index >= 15 is 0 Å². The lowest BCUT2D eigenvalue weighted by Gasteiger charge is -2.34. The summed E-state index contributed by atoms with van der Waals surface area (Å²) < 4.78 is 0. The molecule has 2 heterocycles. The second-order valence-corrected chi connectivity index (χ2v) is 8.49. The van der Waals surface area contributed by atoms with Crippen LogP contribution in [0.2, 0.25) is 0 Å². The molecule has 1 aromatic heterocycles. The number of H-pyrrole nitrogens is 1. The number of nitrogens with zero attached hydrogens (tertiary/aromatic N) is 5. The number of nitro groups is 2. The molecule has 4 rings (SSSR count).